The number of alkyl carbamates (subject to hydrolysis) is 1. The Hall–Kier alpha value is -2.86. The van der Waals surface area contributed by atoms with Gasteiger partial charge >= 0.3 is 6.09 Å². The van der Waals surface area contributed by atoms with Crippen molar-refractivity contribution >= 4 is 12.0 Å². The molecule has 0 aliphatic heterocycles. The van der Waals surface area contributed by atoms with E-state index >= 15 is 0 Å². The molecule has 0 saturated carbocycles. The van der Waals surface area contributed by atoms with Crippen LogP contribution >= 0.6 is 0 Å². The van der Waals surface area contributed by atoms with Crippen molar-refractivity contribution < 1.29 is 19.4 Å². The number of aliphatic hydroxyl groups excluding tert-OH is 1. The highest BCUT2D eigenvalue weighted by Gasteiger charge is 2.21. The molecule has 0 aliphatic carbocycles. The molecule has 0 radical (unpaired) electrons. The minimum Gasteiger partial charge on any atom is -0.445 e. The third kappa shape index (κ3) is 9.25. The second-order valence-corrected chi connectivity index (χ2v) is 6.88. The van der Waals surface area contributed by atoms with Gasteiger partial charge in [-0.2, -0.15) is 0 Å². The molecule has 2 amide bonds. The molecule has 0 fully saturated rings. The summed E-state index contributed by atoms with van der Waals surface area (Å²) < 4.78 is 5.26. The lowest BCUT2D eigenvalue weighted by Crippen LogP contribution is -2.48. The zero-order valence-electron chi connectivity index (χ0n) is 16.7. The zero-order chi connectivity index (χ0) is 20.7. The first-order valence-electron chi connectivity index (χ1n) is 10.1. The first-order chi connectivity index (χ1) is 14.2. The molecule has 0 aromatic heterocycles. The summed E-state index contributed by atoms with van der Waals surface area (Å²) in [5.74, 6) is -0.229. The Morgan fingerprint density at radius 1 is 0.862 bits per heavy atom. The van der Waals surface area contributed by atoms with Gasteiger partial charge in [0.05, 0.1) is 0 Å². The summed E-state index contributed by atoms with van der Waals surface area (Å²) in [4.78, 5) is 24.9. The van der Waals surface area contributed by atoms with Gasteiger partial charge in [0.15, 0.2) is 0 Å². The molecular weight excluding hydrogens is 368 g/mol. The van der Waals surface area contributed by atoms with Crippen LogP contribution in [0.25, 0.3) is 0 Å². The number of nitrogens with one attached hydrogen (secondary N) is 2. The summed E-state index contributed by atoms with van der Waals surface area (Å²) in [6.45, 7) is 0.883. The van der Waals surface area contributed by atoms with E-state index in [0.29, 0.717) is 13.0 Å². The lowest BCUT2D eigenvalue weighted by Gasteiger charge is -2.18. The summed E-state index contributed by atoms with van der Waals surface area (Å²) in [5.41, 5.74) is 1.84. The molecule has 0 unspecified atom stereocenters. The monoisotopic (exact) mass is 398 g/mol. The van der Waals surface area contributed by atoms with Gasteiger partial charge in [0.2, 0.25) is 5.91 Å². The van der Waals surface area contributed by atoms with Crippen molar-refractivity contribution in [1.82, 2.24) is 10.6 Å². The largest absolute Gasteiger partial charge is 0.445 e. The number of rotatable bonds is 12. The number of hydrogen-bond acceptors (Lipinski definition) is 4. The number of carbonyl (C=O) groups is 2. The molecule has 0 saturated heterocycles. The number of amides is 2. The number of aliphatic hydroxyl groups is 1. The second kappa shape index (κ2) is 13.3. The fraction of sp³-hybridized carbons (Fsp3) is 0.391. The topological polar surface area (TPSA) is 87.7 Å². The minimum absolute atomic E-state index is 0.150. The van der Waals surface area contributed by atoms with Crippen LogP contribution in [0.4, 0.5) is 4.79 Å². The predicted octanol–water partition coefficient (Wildman–Crippen LogP) is 3.19. The molecule has 6 nitrogen and oxygen atoms in total. The Labute approximate surface area is 172 Å². The Morgan fingerprint density at radius 2 is 1.48 bits per heavy atom. The SMILES string of the molecule is O=C(N[C@@H](Cc1ccccc1)C(=O)NCCCCCCO)OCc1ccccc1. The number of benzene rings is 2. The molecule has 2 rings (SSSR count). The molecule has 156 valence electrons. The van der Waals surface area contributed by atoms with Crippen molar-refractivity contribution in [2.75, 3.05) is 13.2 Å². The van der Waals surface area contributed by atoms with Gasteiger partial charge in [0, 0.05) is 19.6 Å². The van der Waals surface area contributed by atoms with Crippen LogP contribution in [0.2, 0.25) is 0 Å². The molecular formula is C23H30N2O4. The van der Waals surface area contributed by atoms with E-state index in [2.05, 4.69) is 10.6 Å². The first-order valence-corrected chi connectivity index (χ1v) is 10.1. The third-order valence-electron chi connectivity index (χ3n) is 4.49. The normalized spacial score (nSPS) is 11.5. The van der Waals surface area contributed by atoms with E-state index in [1.54, 1.807) is 0 Å². The average Bonchev–Trinajstić information content (AvgIpc) is 2.75. The molecule has 0 heterocycles. The maximum absolute atomic E-state index is 12.6. The van der Waals surface area contributed by atoms with Crippen LogP contribution < -0.4 is 10.6 Å². The van der Waals surface area contributed by atoms with Crippen LogP contribution in [0.15, 0.2) is 60.7 Å². The lowest BCUT2D eigenvalue weighted by atomic mass is 10.1. The third-order valence-corrected chi connectivity index (χ3v) is 4.49. The van der Waals surface area contributed by atoms with Crippen molar-refractivity contribution in [1.29, 1.82) is 0 Å². The van der Waals surface area contributed by atoms with E-state index in [9.17, 15) is 9.59 Å². The highest BCUT2D eigenvalue weighted by atomic mass is 16.5. The molecule has 0 bridgehead atoms. The second-order valence-electron chi connectivity index (χ2n) is 6.88. The van der Waals surface area contributed by atoms with Gasteiger partial charge in [0.1, 0.15) is 12.6 Å². The summed E-state index contributed by atoms with van der Waals surface area (Å²) in [5, 5.41) is 14.4. The Balaban J connectivity index is 1.86. The highest BCUT2D eigenvalue weighted by molar-refractivity contribution is 5.85. The fourth-order valence-electron chi connectivity index (χ4n) is 2.89. The zero-order valence-corrected chi connectivity index (χ0v) is 16.7. The van der Waals surface area contributed by atoms with E-state index < -0.39 is 12.1 Å². The molecule has 6 heteroatoms. The van der Waals surface area contributed by atoms with Gasteiger partial charge in [-0.05, 0) is 24.0 Å². The summed E-state index contributed by atoms with van der Waals surface area (Å²) in [6.07, 6.45) is 3.26. The van der Waals surface area contributed by atoms with E-state index in [1.165, 1.54) is 0 Å². The van der Waals surface area contributed by atoms with E-state index in [-0.39, 0.29) is 19.1 Å². The van der Waals surface area contributed by atoms with Crippen molar-refractivity contribution in [2.24, 2.45) is 0 Å². The van der Waals surface area contributed by atoms with Gasteiger partial charge in [-0.3, -0.25) is 4.79 Å². The van der Waals surface area contributed by atoms with Gasteiger partial charge in [0.25, 0.3) is 0 Å². The predicted molar refractivity (Wildman–Crippen MR) is 112 cm³/mol. The number of hydrogen-bond donors (Lipinski definition) is 3. The van der Waals surface area contributed by atoms with Crippen LogP contribution in [0.1, 0.15) is 36.8 Å². The van der Waals surface area contributed by atoms with Crippen LogP contribution in [-0.2, 0) is 22.6 Å². The lowest BCUT2D eigenvalue weighted by molar-refractivity contribution is -0.123. The van der Waals surface area contributed by atoms with Crippen LogP contribution in [0.5, 0.6) is 0 Å². The summed E-state index contributed by atoms with van der Waals surface area (Å²) >= 11 is 0. The molecule has 3 N–H and O–H groups in total. The fourth-order valence-corrected chi connectivity index (χ4v) is 2.89. The van der Waals surface area contributed by atoms with Crippen molar-refractivity contribution in [3.63, 3.8) is 0 Å². The van der Waals surface area contributed by atoms with E-state index in [1.807, 2.05) is 60.7 Å². The van der Waals surface area contributed by atoms with Gasteiger partial charge in [-0.1, -0.05) is 73.5 Å². The Bertz CT molecular complexity index is 722. The van der Waals surface area contributed by atoms with Gasteiger partial charge in [-0.25, -0.2) is 4.79 Å². The first kappa shape index (κ1) is 22.4. The van der Waals surface area contributed by atoms with Crippen molar-refractivity contribution in [3.05, 3.63) is 71.8 Å². The highest BCUT2D eigenvalue weighted by Crippen LogP contribution is 2.06. The average molecular weight is 399 g/mol. The quantitative estimate of drug-likeness (QED) is 0.479. The number of carbonyl (C=O) groups excluding carboxylic acids is 2. The Kier molecular flexibility index (Phi) is 10.3. The summed E-state index contributed by atoms with van der Waals surface area (Å²) in [7, 11) is 0. The van der Waals surface area contributed by atoms with Crippen molar-refractivity contribution in [2.45, 2.75) is 44.8 Å². The number of unbranched alkanes of at least 4 members (excludes halogenated alkanes) is 3. The molecule has 0 aliphatic rings. The van der Waals surface area contributed by atoms with Crippen LogP contribution in [-0.4, -0.2) is 36.3 Å². The van der Waals surface area contributed by atoms with E-state index in [0.717, 1.165) is 36.8 Å². The molecule has 0 spiro atoms. The maximum atomic E-state index is 12.6. The van der Waals surface area contributed by atoms with Crippen LogP contribution in [0, 0.1) is 0 Å². The molecule has 2 aromatic rings. The number of ether oxygens (including phenoxy) is 1. The van der Waals surface area contributed by atoms with Crippen molar-refractivity contribution in [3.8, 4) is 0 Å². The molecule has 1 atom stereocenters. The minimum atomic E-state index is -0.710. The summed E-state index contributed by atoms with van der Waals surface area (Å²) in [6, 6.07) is 18.2. The maximum Gasteiger partial charge on any atom is 0.408 e. The smallest absolute Gasteiger partial charge is 0.408 e. The standard InChI is InChI=1S/C23H30N2O4/c26-16-10-2-1-9-15-24-22(27)21(17-19-11-5-3-6-12-19)25-23(28)29-18-20-13-7-4-8-14-20/h3-8,11-14,21,26H,1-2,9-10,15-18H2,(H,24,27)(H,25,28)/t21-/m0/s1. The molecule has 29 heavy (non-hydrogen) atoms. The van der Waals surface area contributed by atoms with Gasteiger partial charge in [-0.15, -0.1) is 0 Å². The van der Waals surface area contributed by atoms with E-state index in [4.69, 9.17) is 9.84 Å². The Morgan fingerprint density at radius 3 is 2.14 bits per heavy atom. The van der Waals surface area contributed by atoms with Crippen LogP contribution in [0.3, 0.4) is 0 Å². The molecule has 2 aromatic carbocycles. The van der Waals surface area contributed by atoms with Gasteiger partial charge < -0.3 is 20.5 Å².